The monoisotopic (exact) mass is 196 g/mol. The molecule has 14 heavy (non-hydrogen) atoms. The van der Waals surface area contributed by atoms with Crippen molar-refractivity contribution >= 4 is 5.91 Å². The van der Waals surface area contributed by atoms with Crippen LogP contribution in [-0.2, 0) is 4.79 Å². The Morgan fingerprint density at radius 1 is 1.50 bits per heavy atom. The van der Waals surface area contributed by atoms with Crippen molar-refractivity contribution in [3.63, 3.8) is 0 Å². The molecular weight excluding hydrogens is 176 g/mol. The van der Waals surface area contributed by atoms with Gasteiger partial charge in [0.2, 0.25) is 5.91 Å². The Hall–Kier alpha value is -0.570. The fourth-order valence-corrected chi connectivity index (χ4v) is 2.24. The van der Waals surface area contributed by atoms with Gasteiger partial charge in [-0.3, -0.25) is 4.79 Å². The molecule has 2 aliphatic rings. The third kappa shape index (κ3) is 1.78. The molecule has 1 N–H and O–H groups in total. The number of rotatable bonds is 1. The van der Waals surface area contributed by atoms with E-state index in [4.69, 9.17) is 0 Å². The highest BCUT2D eigenvalue weighted by atomic mass is 16.2. The van der Waals surface area contributed by atoms with Gasteiger partial charge in [-0.05, 0) is 18.8 Å². The first-order chi connectivity index (χ1) is 6.50. The van der Waals surface area contributed by atoms with E-state index in [1.54, 1.807) is 0 Å². The van der Waals surface area contributed by atoms with Crippen molar-refractivity contribution in [1.82, 2.24) is 10.2 Å². The van der Waals surface area contributed by atoms with Crippen LogP contribution in [0.1, 0.15) is 27.2 Å². The molecule has 1 aliphatic heterocycles. The van der Waals surface area contributed by atoms with E-state index in [1.807, 2.05) is 4.90 Å². The van der Waals surface area contributed by atoms with Crippen LogP contribution in [0.5, 0.6) is 0 Å². The van der Waals surface area contributed by atoms with Crippen LogP contribution >= 0.6 is 0 Å². The first-order valence-electron chi connectivity index (χ1n) is 5.53. The van der Waals surface area contributed by atoms with Crippen LogP contribution < -0.4 is 5.32 Å². The summed E-state index contributed by atoms with van der Waals surface area (Å²) < 4.78 is 0. The van der Waals surface area contributed by atoms with Gasteiger partial charge in [-0.2, -0.15) is 0 Å². The Morgan fingerprint density at radius 2 is 2.14 bits per heavy atom. The lowest BCUT2D eigenvalue weighted by atomic mass is 10.1. The number of carbonyl (C=O) groups excluding carboxylic acids is 1. The van der Waals surface area contributed by atoms with Crippen LogP contribution in [0.2, 0.25) is 0 Å². The number of piperazine rings is 1. The summed E-state index contributed by atoms with van der Waals surface area (Å²) in [5, 5.41) is 3.35. The fourth-order valence-electron chi connectivity index (χ4n) is 2.24. The molecule has 1 saturated heterocycles. The molecule has 1 heterocycles. The molecule has 1 amide bonds. The quantitative estimate of drug-likeness (QED) is 0.674. The van der Waals surface area contributed by atoms with Gasteiger partial charge in [0.15, 0.2) is 0 Å². The summed E-state index contributed by atoms with van der Waals surface area (Å²) >= 11 is 0. The van der Waals surface area contributed by atoms with Crippen LogP contribution in [0.4, 0.5) is 0 Å². The van der Waals surface area contributed by atoms with E-state index in [1.165, 1.54) is 0 Å². The maximum absolute atomic E-state index is 12.0. The zero-order valence-corrected chi connectivity index (χ0v) is 9.34. The van der Waals surface area contributed by atoms with Crippen molar-refractivity contribution in [3.05, 3.63) is 0 Å². The number of nitrogens with one attached hydrogen (secondary N) is 1. The lowest BCUT2D eigenvalue weighted by Gasteiger charge is -2.32. The fraction of sp³-hybridized carbons (Fsp3) is 0.909. The highest BCUT2D eigenvalue weighted by molar-refractivity contribution is 5.82. The molecule has 1 saturated carbocycles. The average molecular weight is 196 g/mol. The second kappa shape index (κ2) is 3.23. The molecule has 0 bridgehead atoms. The zero-order valence-electron chi connectivity index (χ0n) is 9.34. The molecule has 0 aromatic rings. The van der Waals surface area contributed by atoms with Crippen molar-refractivity contribution in [2.24, 2.45) is 11.3 Å². The summed E-state index contributed by atoms with van der Waals surface area (Å²) in [5.41, 5.74) is 0.269. The molecule has 0 unspecified atom stereocenters. The van der Waals surface area contributed by atoms with E-state index in [0.29, 0.717) is 17.9 Å². The molecule has 0 spiro atoms. The smallest absolute Gasteiger partial charge is 0.226 e. The molecule has 2 fully saturated rings. The van der Waals surface area contributed by atoms with Gasteiger partial charge < -0.3 is 10.2 Å². The Balaban J connectivity index is 1.92. The third-order valence-corrected chi connectivity index (χ3v) is 3.49. The van der Waals surface area contributed by atoms with Gasteiger partial charge >= 0.3 is 0 Å². The summed E-state index contributed by atoms with van der Waals surface area (Å²) in [6, 6.07) is 0.453. The van der Waals surface area contributed by atoms with Gasteiger partial charge in [-0.25, -0.2) is 0 Å². The highest BCUT2D eigenvalue weighted by Crippen LogP contribution is 2.52. The lowest BCUT2D eigenvalue weighted by molar-refractivity contribution is -0.134. The molecule has 3 heteroatoms. The standard InChI is InChI=1S/C11H20N2O/c1-8-7-13(5-4-12-8)10(14)9-6-11(9,2)3/h8-9,12H,4-7H2,1-3H3/t8-,9-/m1/s1. The highest BCUT2D eigenvalue weighted by Gasteiger charge is 2.52. The predicted molar refractivity (Wildman–Crippen MR) is 55.9 cm³/mol. The summed E-state index contributed by atoms with van der Waals surface area (Å²) in [6.45, 7) is 9.21. The minimum absolute atomic E-state index is 0.269. The van der Waals surface area contributed by atoms with Gasteiger partial charge in [-0.15, -0.1) is 0 Å². The SMILES string of the molecule is C[C@@H]1CN(C(=O)[C@H]2CC2(C)C)CCN1. The Kier molecular flexibility index (Phi) is 2.30. The molecule has 2 rings (SSSR count). The summed E-state index contributed by atoms with van der Waals surface area (Å²) in [7, 11) is 0. The number of nitrogens with zero attached hydrogens (tertiary/aromatic N) is 1. The Morgan fingerprint density at radius 3 is 2.64 bits per heavy atom. The number of hydrogen-bond acceptors (Lipinski definition) is 2. The Bertz CT molecular complexity index is 250. The van der Waals surface area contributed by atoms with Crippen LogP contribution in [0.3, 0.4) is 0 Å². The second-order valence-electron chi connectivity index (χ2n) is 5.38. The van der Waals surface area contributed by atoms with Gasteiger partial charge in [-0.1, -0.05) is 13.8 Å². The molecule has 80 valence electrons. The second-order valence-corrected chi connectivity index (χ2v) is 5.38. The maximum Gasteiger partial charge on any atom is 0.226 e. The Labute approximate surface area is 85.8 Å². The van der Waals surface area contributed by atoms with Crippen molar-refractivity contribution in [1.29, 1.82) is 0 Å². The van der Waals surface area contributed by atoms with Crippen molar-refractivity contribution in [2.75, 3.05) is 19.6 Å². The van der Waals surface area contributed by atoms with Crippen molar-refractivity contribution < 1.29 is 4.79 Å². The first-order valence-corrected chi connectivity index (χ1v) is 5.53. The van der Waals surface area contributed by atoms with Gasteiger partial charge in [0.25, 0.3) is 0 Å². The molecule has 0 radical (unpaired) electrons. The van der Waals surface area contributed by atoms with E-state index in [0.717, 1.165) is 26.1 Å². The van der Waals surface area contributed by atoms with E-state index in [-0.39, 0.29) is 5.41 Å². The summed E-state index contributed by atoms with van der Waals surface area (Å²) in [5.74, 6) is 0.677. The third-order valence-electron chi connectivity index (χ3n) is 3.49. The van der Waals surface area contributed by atoms with Crippen molar-refractivity contribution in [2.45, 2.75) is 33.2 Å². The van der Waals surface area contributed by atoms with Crippen LogP contribution in [0.25, 0.3) is 0 Å². The average Bonchev–Trinajstić information content (AvgIpc) is 2.74. The van der Waals surface area contributed by atoms with E-state index in [9.17, 15) is 4.79 Å². The number of carbonyl (C=O) groups is 1. The minimum Gasteiger partial charge on any atom is -0.340 e. The summed E-state index contributed by atoms with van der Waals surface area (Å²) in [6.07, 6.45) is 1.07. The number of amides is 1. The molecule has 0 aromatic carbocycles. The largest absolute Gasteiger partial charge is 0.340 e. The summed E-state index contributed by atoms with van der Waals surface area (Å²) in [4.78, 5) is 14.0. The topological polar surface area (TPSA) is 32.3 Å². The minimum atomic E-state index is 0.269. The molecular formula is C11H20N2O. The molecule has 2 atom stereocenters. The van der Waals surface area contributed by atoms with Crippen molar-refractivity contribution in [3.8, 4) is 0 Å². The van der Waals surface area contributed by atoms with Gasteiger partial charge in [0.05, 0.1) is 0 Å². The van der Waals surface area contributed by atoms with E-state index < -0.39 is 0 Å². The molecule has 3 nitrogen and oxygen atoms in total. The molecule has 0 aromatic heterocycles. The van der Waals surface area contributed by atoms with Gasteiger partial charge in [0.1, 0.15) is 0 Å². The van der Waals surface area contributed by atoms with E-state index in [2.05, 4.69) is 26.1 Å². The lowest BCUT2D eigenvalue weighted by Crippen LogP contribution is -2.52. The molecule has 1 aliphatic carbocycles. The van der Waals surface area contributed by atoms with Gasteiger partial charge in [0, 0.05) is 31.6 Å². The maximum atomic E-state index is 12.0. The van der Waals surface area contributed by atoms with Crippen LogP contribution in [0, 0.1) is 11.3 Å². The normalized spacial score (nSPS) is 35.5. The predicted octanol–water partition coefficient (Wildman–Crippen LogP) is 0.853. The van der Waals surface area contributed by atoms with Crippen LogP contribution in [-0.4, -0.2) is 36.5 Å². The first kappa shape index (κ1) is 9.97. The van der Waals surface area contributed by atoms with E-state index >= 15 is 0 Å². The van der Waals surface area contributed by atoms with Crippen LogP contribution in [0.15, 0.2) is 0 Å². The number of hydrogen-bond donors (Lipinski definition) is 1. The zero-order chi connectivity index (χ0) is 10.3.